The molecule has 0 heterocycles. The van der Waals surface area contributed by atoms with E-state index < -0.39 is 5.97 Å². The van der Waals surface area contributed by atoms with Crippen molar-refractivity contribution in [3.63, 3.8) is 0 Å². The highest BCUT2D eigenvalue weighted by atomic mass is 79.9. The molecule has 1 aromatic rings. The number of carbonyl (C=O) groups is 1. The van der Waals surface area contributed by atoms with Gasteiger partial charge in [-0.05, 0) is 24.1 Å². The van der Waals surface area contributed by atoms with Gasteiger partial charge in [0.05, 0.1) is 5.56 Å². The number of halogens is 1. The van der Waals surface area contributed by atoms with Gasteiger partial charge in [-0.3, -0.25) is 0 Å². The Balaban J connectivity index is 2.81. The molecule has 0 amide bonds. The van der Waals surface area contributed by atoms with Crippen molar-refractivity contribution >= 4 is 27.6 Å². The molecule has 0 bridgehead atoms. The second-order valence-corrected chi connectivity index (χ2v) is 4.97. The van der Waals surface area contributed by atoms with Crippen LogP contribution in [0.15, 0.2) is 22.7 Å². The van der Waals surface area contributed by atoms with E-state index in [2.05, 4.69) is 35.1 Å². The Morgan fingerprint density at radius 3 is 2.59 bits per heavy atom. The smallest absolute Gasteiger partial charge is 0.337 e. The maximum Gasteiger partial charge on any atom is 0.337 e. The lowest BCUT2D eigenvalue weighted by molar-refractivity contribution is 0.0698. The third kappa shape index (κ3) is 4.04. The Morgan fingerprint density at radius 1 is 1.41 bits per heavy atom. The molecule has 0 aliphatic carbocycles. The molecule has 0 aromatic heterocycles. The molecule has 1 aromatic carbocycles. The van der Waals surface area contributed by atoms with Crippen LogP contribution in [0.25, 0.3) is 0 Å². The first kappa shape index (κ1) is 14.0. The third-order valence-corrected chi connectivity index (χ3v) is 3.44. The van der Waals surface area contributed by atoms with E-state index in [0.29, 0.717) is 17.2 Å². The summed E-state index contributed by atoms with van der Waals surface area (Å²) in [4.78, 5) is 11.1. The van der Waals surface area contributed by atoms with Gasteiger partial charge < -0.3 is 10.4 Å². The van der Waals surface area contributed by atoms with Gasteiger partial charge in [-0.2, -0.15) is 0 Å². The number of carboxylic acid groups (broad SMARTS) is 1. The fraction of sp³-hybridized carbons (Fsp3) is 0.462. The van der Waals surface area contributed by atoms with E-state index >= 15 is 0 Å². The molecule has 3 nitrogen and oxygen atoms in total. The maximum atomic E-state index is 11.1. The van der Waals surface area contributed by atoms with Crippen LogP contribution in [0.5, 0.6) is 0 Å². The summed E-state index contributed by atoms with van der Waals surface area (Å²) in [6, 6.07) is 5.17. The highest BCUT2D eigenvalue weighted by Gasteiger charge is 2.11. The fourth-order valence-electron chi connectivity index (χ4n) is 1.68. The molecule has 0 radical (unpaired) electrons. The minimum absolute atomic E-state index is 0.319. The predicted molar refractivity (Wildman–Crippen MR) is 73.7 cm³/mol. The quantitative estimate of drug-likeness (QED) is 0.835. The molecule has 17 heavy (non-hydrogen) atoms. The predicted octanol–water partition coefficient (Wildman–Crippen LogP) is 4.00. The Kier molecular flexibility index (Phi) is 5.48. The number of anilines is 1. The van der Waals surface area contributed by atoms with E-state index in [-0.39, 0.29) is 0 Å². The lowest BCUT2D eigenvalue weighted by atomic mass is 10.0. The normalized spacial score (nSPS) is 10.6. The summed E-state index contributed by atoms with van der Waals surface area (Å²) in [5, 5.41) is 12.3. The van der Waals surface area contributed by atoms with Gasteiger partial charge in [0.15, 0.2) is 0 Å². The van der Waals surface area contributed by atoms with Crippen molar-refractivity contribution in [2.24, 2.45) is 5.92 Å². The molecule has 0 atom stereocenters. The van der Waals surface area contributed by atoms with Crippen LogP contribution in [0.2, 0.25) is 0 Å². The third-order valence-electron chi connectivity index (χ3n) is 2.95. The largest absolute Gasteiger partial charge is 0.478 e. The van der Waals surface area contributed by atoms with Crippen LogP contribution in [-0.4, -0.2) is 17.6 Å². The van der Waals surface area contributed by atoms with Crippen LogP contribution in [0.3, 0.4) is 0 Å². The molecule has 0 saturated carbocycles. The van der Waals surface area contributed by atoms with Gasteiger partial charge in [0.2, 0.25) is 0 Å². The van der Waals surface area contributed by atoms with E-state index in [1.54, 1.807) is 12.1 Å². The van der Waals surface area contributed by atoms with Crippen molar-refractivity contribution in [2.75, 3.05) is 11.9 Å². The number of hydrogen-bond donors (Lipinski definition) is 2. The average molecular weight is 300 g/mol. The van der Waals surface area contributed by atoms with Crippen LogP contribution in [0, 0.1) is 5.92 Å². The van der Waals surface area contributed by atoms with Crippen molar-refractivity contribution in [1.82, 2.24) is 0 Å². The number of hydrogen-bond acceptors (Lipinski definition) is 2. The highest BCUT2D eigenvalue weighted by Crippen LogP contribution is 2.22. The van der Waals surface area contributed by atoms with E-state index in [4.69, 9.17) is 5.11 Å². The van der Waals surface area contributed by atoms with Crippen molar-refractivity contribution in [1.29, 1.82) is 0 Å². The summed E-state index contributed by atoms with van der Waals surface area (Å²) in [6.45, 7) is 5.10. The monoisotopic (exact) mass is 299 g/mol. The molecule has 1 rings (SSSR count). The Morgan fingerprint density at radius 2 is 2.06 bits per heavy atom. The van der Waals surface area contributed by atoms with Crippen LogP contribution in [-0.2, 0) is 0 Å². The lowest BCUT2D eigenvalue weighted by Gasteiger charge is -2.16. The zero-order valence-electron chi connectivity index (χ0n) is 10.2. The number of rotatable bonds is 6. The first-order valence-electron chi connectivity index (χ1n) is 5.85. The second kappa shape index (κ2) is 6.64. The highest BCUT2D eigenvalue weighted by molar-refractivity contribution is 9.10. The van der Waals surface area contributed by atoms with Gasteiger partial charge in [-0.1, -0.05) is 42.6 Å². The Bertz CT molecular complexity index is 389. The zero-order chi connectivity index (χ0) is 12.8. The van der Waals surface area contributed by atoms with Crippen LogP contribution < -0.4 is 5.32 Å². The molecular formula is C13H18BrNO2. The molecule has 0 aliphatic heterocycles. The summed E-state index contributed by atoms with van der Waals surface area (Å²) in [5.74, 6) is -0.319. The molecule has 0 spiro atoms. The number of benzene rings is 1. The van der Waals surface area contributed by atoms with Gasteiger partial charge in [-0.15, -0.1) is 0 Å². The molecule has 2 N–H and O–H groups in total. The number of nitrogens with one attached hydrogen (secondary N) is 1. The second-order valence-electron chi connectivity index (χ2n) is 4.06. The van der Waals surface area contributed by atoms with Crippen LogP contribution >= 0.6 is 15.9 Å². The molecule has 0 fully saturated rings. The minimum Gasteiger partial charge on any atom is -0.478 e. The van der Waals surface area contributed by atoms with Crippen molar-refractivity contribution in [3.05, 3.63) is 28.2 Å². The fourth-order valence-corrected chi connectivity index (χ4v) is 2.04. The Labute approximate surface area is 110 Å². The Hall–Kier alpha value is -1.03. The first-order chi connectivity index (χ1) is 8.08. The van der Waals surface area contributed by atoms with E-state index in [1.807, 2.05) is 6.07 Å². The van der Waals surface area contributed by atoms with Gasteiger partial charge in [0, 0.05) is 16.7 Å². The molecule has 94 valence electrons. The topological polar surface area (TPSA) is 49.3 Å². The average Bonchev–Trinajstić information content (AvgIpc) is 2.30. The van der Waals surface area contributed by atoms with Crippen LogP contribution in [0.1, 0.15) is 37.0 Å². The molecule has 0 unspecified atom stereocenters. The van der Waals surface area contributed by atoms with Gasteiger partial charge in [-0.25, -0.2) is 4.79 Å². The summed E-state index contributed by atoms with van der Waals surface area (Å²) >= 11 is 3.35. The molecular weight excluding hydrogens is 282 g/mol. The first-order valence-corrected chi connectivity index (χ1v) is 6.64. The number of aromatic carboxylic acids is 1. The van der Waals surface area contributed by atoms with Crippen molar-refractivity contribution < 1.29 is 9.90 Å². The van der Waals surface area contributed by atoms with Crippen molar-refractivity contribution in [3.8, 4) is 0 Å². The van der Waals surface area contributed by atoms with Crippen molar-refractivity contribution in [2.45, 2.75) is 26.7 Å². The summed E-state index contributed by atoms with van der Waals surface area (Å²) in [6.07, 6.45) is 2.19. The van der Waals surface area contributed by atoms with E-state index in [1.165, 1.54) is 0 Å². The van der Waals surface area contributed by atoms with Crippen LogP contribution in [0.4, 0.5) is 5.69 Å². The van der Waals surface area contributed by atoms with E-state index in [9.17, 15) is 4.79 Å². The lowest BCUT2D eigenvalue weighted by Crippen LogP contribution is -2.15. The molecule has 4 heteroatoms. The maximum absolute atomic E-state index is 11.1. The SMILES string of the molecule is CCC(CC)CNc1cc(Br)ccc1C(=O)O. The van der Waals surface area contributed by atoms with Gasteiger partial charge in [0.1, 0.15) is 0 Å². The molecule has 0 aliphatic rings. The number of carboxylic acids is 1. The summed E-state index contributed by atoms with van der Waals surface area (Å²) in [5.41, 5.74) is 0.998. The summed E-state index contributed by atoms with van der Waals surface area (Å²) < 4.78 is 0.884. The standard InChI is InChI=1S/C13H18BrNO2/c1-3-9(4-2)8-15-12-7-10(14)5-6-11(12)13(16)17/h5-7,9,15H,3-4,8H2,1-2H3,(H,16,17). The van der Waals surface area contributed by atoms with Gasteiger partial charge in [0.25, 0.3) is 0 Å². The minimum atomic E-state index is -0.899. The van der Waals surface area contributed by atoms with Gasteiger partial charge >= 0.3 is 5.97 Å². The van der Waals surface area contributed by atoms with E-state index in [0.717, 1.165) is 23.9 Å². The zero-order valence-corrected chi connectivity index (χ0v) is 11.8. The summed E-state index contributed by atoms with van der Waals surface area (Å²) in [7, 11) is 0. The molecule has 0 saturated heterocycles.